The van der Waals surface area contributed by atoms with E-state index in [0.717, 1.165) is 34.6 Å². The second-order valence-electron chi connectivity index (χ2n) is 2.60. The summed E-state index contributed by atoms with van der Waals surface area (Å²) >= 11 is 0. The van der Waals surface area contributed by atoms with E-state index in [1.807, 2.05) is 0 Å². The van der Waals surface area contributed by atoms with Crippen LogP contribution in [0.2, 0.25) is 0 Å². The molecule has 5 N–H and O–H groups in total. The van der Waals surface area contributed by atoms with Crippen LogP contribution in [-0.4, -0.2) is 55.4 Å². The average molecular weight is 398 g/mol. The summed E-state index contributed by atoms with van der Waals surface area (Å²) in [4.78, 5) is 45.0. The van der Waals surface area contributed by atoms with E-state index in [-0.39, 0.29) is 20.1 Å². The third-order valence-corrected chi connectivity index (χ3v) is 0. The smallest absolute Gasteiger partial charge is 0.300 e. The molecule has 0 aliphatic carbocycles. The Labute approximate surface area is 134 Å². The van der Waals surface area contributed by atoms with Crippen LogP contribution in [0.1, 0.15) is 34.6 Å². The summed E-state index contributed by atoms with van der Waals surface area (Å²) in [5.41, 5.74) is 0. The Morgan fingerprint density at radius 2 is 0.429 bits per heavy atom. The quantitative estimate of drug-likeness (QED) is 0.383. The molecule has 0 aromatic carbocycles. The van der Waals surface area contributed by atoms with Gasteiger partial charge in [0.05, 0.1) is 0 Å². The van der Waals surface area contributed by atoms with Gasteiger partial charge in [-0.2, -0.15) is 0 Å². The van der Waals surface area contributed by atoms with Crippen molar-refractivity contribution in [3.8, 4) is 0 Å². The predicted molar refractivity (Wildman–Crippen MR) is 66.5 cm³/mol. The van der Waals surface area contributed by atoms with Crippen LogP contribution in [0.3, 0.4) is 0 Å². The van der Waals surface area contributed by atoms with Crippen LogP contribution in [-0.2, 0) is 44.1 Å². The molecule has 0 atom stereocenters. The molecule has 0 aliphatic rings. The fraction of sp³-hybridized carbons (Fsp3) is 0.500. The molecule has 0 saturated carbocycles. The Balaban J connectivity index is -0.0000000331. The van der Waals surface area contributed by atoms with Crippen LogP contribution >= 0.6 is 0 Å². The molecule has 0 heterocycles. The van der Waals surface area contributed by atoms with Crippen molar-refractivity contribution >= 4 is 29.8 Å². The number of carbonyl (C=O) groups is 5. The molecule has 0 amide bonds. The van der Waals surface area contributed by atoms with Gasteiger partial charge in [-0.1, -0.05) is 0 Å². The molecule has 0 aromatic heterocycles. The Morgan fingerprint density at radius 3 is 0.429 bits per heavy atom. The standard InChI is InChI=1S/5C2H4O2.Tc/c5*1-2(3)4;/h5*1H3,(H,3,4);. The van der Waals surface area contributed by atoms with Crippen molar-refractivity contribution in [2.45, 2.75) is 34.6 Å². The van der Waals surface area contributed by atoms with E-state index < -0.39 is 29.8 Å². The molecule has 127 valence electrons. The van der Waals surface area contributed by atoms with E-state index in [9.17, 15) is 0 Å². The summed E-state index contributed by atoms with van der Waals surface area (Å²) in [6.45, 7) is 5.42. The summed E-state index contributed by atoms with van der Waals surface area (Å²) in [5.74, 6) is -4.17. The Bertz CT molecular complexity index is 211. The normalized spacial score (nSPS) is 5.95. The maximum Gasteiger partial charge on any atom is 0.300 e. The van der Waals surface area contributed by atoms with Crippen LogP contribution in [0.5, 0.6) is 0 Å². The number of hydrogen-bond acceptors (Lipinski definition) is 5. The van der Waals surface area contributed by atoms with Gasteiger partial charge >= 0.3 is 0 Å². The fourth-order valence-electron chi connectivity index (χ4n) is 0. The summed E-state index contributed by atoms with van der Waals surface area (Å²) in [7, 11) is 0. The largest absolute Gasteiger partial charge is 0.481 e. The van der Waals surface area contributed by atoms with Gasteiger partial charge in [0, 0.05) is 54.7 Å². The van der Waals surface area contributed by atoms with Crippen LogP contribution < -0.4 is 0 Å². The minimum Gasteiger partial charge on any atom is -0.481 e. The molecule has 0 saturated heterocycles. The van der Waals surface area contributed by atoms with Gasteiger partial charge in [0.15, 0.2) is 0 Å². The monoisotopic (exact) mass is 397 g/mol. The minimum absolute atomic E-state index is 0. The molecular formula is C10H20O10Tc. The van der Waals surface area contributed by atoms with Crippen molar-refractivity contribution in [1.82, 2.24) is 0 Å². The van der Waals surface area contributed by atoms with E-state index in [1.54, 1.807) is 0 Å². The van der Waals surface area contributed by atoms with Crippen molar-refractivity contribution in [2.24, 2.45) is 0 Å². The number of carboxylic acid groups (broad SMARTS) is 5. The zero-order valence-electron chi connectivity index (χ0n) is 12.2. The fourth-order valence-corrected chi connectivity index (χ4v) is 0. The van der Waals surface area contributed by atoms with Crippen LogP contribution in [0.15, 0.2) is 0 Å². The molecule has 1 radical (unpaired) electrons. The van der Waals surface area contributed by atoms with E-state index in [2.05, 4.69) is 0 Å². The molecular weight excluding hydrogens is 378 g/mol. The van der Waals surface area contributed by atoms with Gasteiger partial charge in [-0.25, -0.2) is 0 Å². The first-order valence-corrected chi connectivity index (χ1v) is 4.64. The summed E-state index contributed by atoms with van der Waals surface area (Å²) in [5, 5.41) is 37.1. The maximum atomic E-state index is 9.00. The SMILES string of the molecule is CC(=O)O.CC(=O)O.CC(=O)O.CC(=O)O.CC(=O)O.[Tc]. The Hall–Kier alpha value is -2.00. The number of carboxylic acids is 5. The van der Waals surface area contributed by atoms with Crippen LogP contribution in [0.25, 0.3) is 0 Å². The maximum absolute atomic E-state index is 9.00. The molecule has 0 aromatic rings. The third kappa shape index (κ3) is 1150. The molecule has 0 bridgehead atoms. The zero-order valence-corrected chi connectivity index (χ0v) is 14.0. The first-order chi connectivity index (χ1) is 8.66. The van der Waals surface area contributed by atoms with E-state index in [4.69, 9.17) is 49.5 Å². The van der Waals surface area contributed by atoms with Gasteiger partial charge in [-0.05, 0) is 0 Å². The number of aliphatic carboxylic acids is 5. The molecule has 21 heavy (non-hydrogen) atoms. The molecule has 10 nitrogen and oxygen atoms in total. The van der Waals surface area contributed by atoms with Crippen molar-refractivity contribution < 1.29 is 69.6 Å². The molecule has 11 heteroatoms. The summed E-state index contributed by atoms with van der Waals surface area (Å²) < 4.78 is 0. The van der Waals surface area contributed by atoms with E-state index in [1.165, 1.54) is 0 Å². The molecule has 0 unspecified atom stereocenters. The summed E-state index contributed by atoms with van der Waals surface area (Å²) in [6.07, 6.45) is 0. The first-order valence-electron chi connectivity index (χ1n) is 4.64. The van der Waals surface area contributed by atoms with Crippen LogP contribution in [0.4, 0.5) is 0 Å². The van der Waals surface area contributed by atoms with Crippen LogP contribution in [0, 0.1) is 0 Å². The van der Waals surface area contributed by atoms with Crippen molar-refractivity contribution in [3.63, 3.8) is 0 Å². The molecule has 0 spiro atoms. The Kier molecular flexibility index (Phi) is 53.4. The average Bonchev–Trinajstić information content (AvgIpc) is 1.94. The second kappa shape index (κ2) is 30.8. The van der Waals surface area contributed by atoms with Gasteiger partial charge in [-0.3, -0.25) is 24.0 Å². The van der Waals surface area contributed by atoms with Gasteiger partial charge in [-0.15, -0.1) is 0 Å². The van der Waals surface area contributed by atoms with Gasteiger partial charge < -0.3 is 25.5 Å². The van der Waals surface area contributed by atoms with Crippen molar-refractivity contribution in [2.75, 3.05) is 0 Å². The van der Waals surface area contributed by atoms with Crippen molar-refractivity contribution in [3.05, 3.63) is 0 Å². The number of hydrogen-bond donors (Lipinski definition) is 5. The van der Waals surface area contributed by atoms with Gasteiger partial charge in [0.25, 0.3) is 29.8 Å². The minimum atomic E-state index is -0.833. The number of rotatable bonds is 0. The first kappa shape index (κ1) is 36.4. The van der Waals surface area contributed by atoms with E-state index in [0.29, 0.717) is 0 Å². The third-order valence-electron chi connectivity index (χ3n) is 0. The Morgan fingerprint density at radius 1 is 0.429 bits per heavy atom. The van der Waals surface area contributed by atoms with Gasteiger partial charge in [0.1, 0.15) is 0 Å². The molecule has 0 fully saturated rings. The molecule has 0 aliphatic heterocycles. The van der Waals surface area contributed by atoms with Gasteiger partial charge in [0.2, 0.25) is 0 Å². The zero-order chi connectivity index (χ0) is 17.9. The topological polar surface area (TPSA) is 186 Å². The van der Waals surface area contributed by atoms with E-state index >= 15 is 0 Å². The predicted octanol–water partition coefficient (Wildman–Crippen LogP) is 0.452. The molecule has 0 rings (SSSR count). The van der Waals surface area contributed by atoms with Crippen molar-refractivity contribution in [1.29, 1.82) is 0 Å². The second-order valence-corrected chi connectivity index (χ2v) is 2.60. The summed E-state index contributed by atoms with van der Waals surface area (Å²) in [6, 6.07) is 0.